The topological polar surface area (TPSA) is 46.2 Å². The van der Waals surface area contributed by atoms with Crippen LogP contribution in [0.2, 0.25) is 0 Å². The minimum absolute atomic E-state index is 0.177. The molecular weight excluding hydrogens is 290 g/mol. The van der Waals surface area contributed by atoms with Gasteiger partial charge in [-0.3, -0.25) is 9.59 Å². The summed E-state index contributed by atoms with van der Waals surface area (Å²) >= 11 is 3.17. The van der Waals surface area contributed by atoms with Crippen LogP contribution in [0.4, 0.5) is 5.69 Å². The molecule has 0 atom stereocenters. The number of ketones is 1. The Kier molecular flexibility index (Phi) is 4.94. The van der Waals surface area contributed by atoms with E-state index in [4.69, 9.17) is 0 Å². The lowest BCUT2D eigenvalue weighted by atomic mass is 10.1. The Morgan fingerprint density at radius 1 is 1.15 bits per heavy atom. The number of amides is 1. The lowest BCUT2D eigenvalue weighted by Gasteiger charge is -2.11. The average molecular weight is 307 g/mol. The van der Waals surface area contributed by atoms with Gasteiger partial charge in [-0.15, -0.1) is 23.5 Å². The zero-order valence-corrected chi connectivity index (χ0v) is 13.4. The Morgan fingerprint density at radius 2 is 1.80 bits per heavy atom. The van der Waals surface area contributed by atoms with Crippen LogP contribution in [0, 0.1) is 13.8 Å². The Balaban J connectivity index is 2.25. The predicted octanol–water partition coefficient (Wildman–Crippen LogP) is 3.52. The number of Topliss-reactive ketones (excluding diaryl/α,β-unsaturated/α-hetero) is 1. The molecule has 0 bridgehead atoms. The van der Waals surface area contributed by atoms with Gasteiger partial charge in [0.05, 0.1) is 4.24 Å². The largest absolute Gasteiger partial charge is 0.322 e. The number of anilines is 1. The molecule has 1 heterocycles. The van der Waals surface area contributed by atoms with E-state index in [1.165, 1.54) is 6.92 Å². The lowest BCUT2D eigenvalue weighted by Crippen LogP contribution is -2.20. The van der Waals surface area contributed by atoms with Crippen molar-refractivity contribution in [2.24, 2.45) is 0 Å². The molecular formula is C15H17NO2S2. The maximum atomic E-state index is 12.4. The van der Waals surface area contributed by atoms with Crippen LogP contribution in [-0.4, -0.2) is 23.2 Å². The van der Waals surface area contributed by atoms with E-state index in [9.17, 15) is 9.59 Å². The third-order valence-corrected chi connectivity index (χ3v) is 5.68. The Labute approximate surface area is 127 Å². The normalized spacial score (nSPS) is 14.2. The van der Waals surface area contributed by atoms with Gasteiger partial charge in [-0.05, 0) is 32.4 Å². The second-order valence-electron chi connectivity index (χ2n) is 4.69. The monoisotopic (exact) mass is 307 g/mol. The molecule has 0 aromatic heterocycles. The molecule has 1 aromatic carbocycles. The third kappa shape index (κ3) is 3.46. The highest BCUT2D eigenvalue weighted by molar-refractivity contribution is 8.25. The van der Waals surface area contributed by atoms with E-state index >= 15 is 0 Å². The van der Waals surface area contributed by atoms with Crippen LogP contribution in [-0.2, 0) is 9.59 Å². The van der Waals surface area contributed by atoms with E-state index in [1.54, 1.807) is 23.5 Å². The zero-order chi connectivity index (χ0) is 14.7. The van der Waals surface area contributed by atoms with E-state index in [-0.39, 0.29) is 17.3 Å². The van der Waals surface area contributed by atoms with Gasteiger partial charge in [-0.1, -0.05) is 17.7 Å². The van der Waals surface area contributed by atoms with Gasteiger partial charge in [0.2, 0.25) is 0 Å². The Morgan fingerprint density at radius 3 is 2.35 bits per heavy atom. The Hall–Kier alpha value is -1.20. The van der Waals surface area contributed by atoms with Gasteiger partial charge in [0.1, 0.15) is 5.57 Å². The van der Waals surface area contributed by atoms with Gasteiger partial charge < -0.3 is 5.32 Å². The molecule has 1 N–H and O–H groups in total. The molecule has 0 radical (unpaired) electrons. The molecule has 0 spiro atoms. The zero-order valence-electron chi connectivity index (χ0n) is 11.8. The molecule has 20 heavy (non-hydrogen) atoms. The van der Waals surface area contributed by atoms with Crippen LogP contribution in [0.15, 0.2) is 28.0 Å². The van der Waals surface area contributed by atoms with Crippen LogP contribution >= 0.6 is 23.5 Å². The van der Waals surface area contributed by atoms with Crippen LogP contribution in [0.3, 0.4) is 0 Å². The molecule has 3 nitrogen and oxygen atoms in total. The van der Waals surface area contributed by atoms with Crippen molar-refractivity contribution < 1.29 is 9.59 Å². The number of nitrogens with one attached hydrogen (secondary N) is 1. The van der Waals surface area contributed by atoms with Gasteiger partial charge in [-0.2, -0.15) is 0 Å². The average Bonchev–Trinajstić information content (AvgIpc) is 2.86. The molecule has 106 valence electrons. The Bertz CT molecular complexity index is 586. The molecule has 1 aliphatic rings. The summed E-state index contributed by atoms with van der Waals surface area (Å²) in [6.07, 6.45) is 0. The third-order valence-electron chi connectivity index (χ3n) is 2.96. The number of hydrogen-bond donors (Lipinski definition) is 1. The van der Waals surface area contributed by atoms with Crippen LogP contribution in [0.25, 0.3) is 0 Å². The van der Waals surface area contributed by atoms with Crippen LogP contribution in [0.1, 0.15) is 18.1 Å². The fourth-order valence-electron chi connectivity index (χ4n) is 1.99. The van der Waals surface area contributed by atoms with E-state index in [2.05, 4.69) is 5.32 Å². The predicted molar refractivity (Wildman–Crippen MR) is 87.2 cm³/mol. The van der Waals surface area contributed by atoms with Crippen molar-refractivity contribution in [2.75, 3.05) is 16.8 Å². The van der Waals surface area contributed by atoms with E-state index in [0.29, 0.717) is 0 Å². The van der Waals surface area contributed by atoms with Crippen molar-refractivity contribution in [1.29, 1.82) is 0 Å². The summed E-state index contributed by atoms with van der Waals surface area (Å²) < 4.78 is 0.847. The smallest absolute Gasteiger partial charge is 0.260 e. The summed E-state index contributed by atoms with van der Waals surface area (Å²) in [5.41, 5.74) is 3.19. The molecule has 0 saturated carbocycles. The highest BCUT2D eigenvalue weighted by Gasteiger charge is 2.23. The number of thioether (sulfide) groups is 2. The van der Waals surface area contributed by atoms with Crippen molar-refractivity contribution in [3.8, 4) is 0 Å². The molecule has 0 unspecified atom stereocenters. The summed E-state index contributed by atoms with van der Waals surface area (Å²) in [4.78, 5) is 24.1. The molecule has 1 fully saturated rings. The summed E-state index contributed by atoms with van der Waals surface area (Å²) in [6.45, 7) is 5.40. The van der Waals surface area contributed by atoms with Gasteiger partial charge >= 0.3 is 0 Å². The fraction of sp³-hybridized carbons (Fsp3) is 0.333. The van der Waals surface area contributed by atoms with E-state index in [1.807, 2.05) is 32.0 Å². The van der Waals surface area contributed by atoms with E-state index in [0.717, 1.165) is 32.6 Å². The molecule has 2 rings (SSSR count). The first-order valence-electron chi connectivity index (χ1n) is 6.38. The number of carbonyl (C=O) groups is 2. The first-order chi connectivity index (χ1) is 9.49. The van der Waals surface area contributed by atoms with Crippen molar-refractivity contribution >= 4 is 40.9 Å². The SMILES string of the molecule is CC(=O)C(C(=O)Nc1ccc(C)cc1C)=C1SCCS1. The molecule has 1 aliphatic heterocycles. The van der Waals surface area contributed by atoms with Crippen LogP contribution < -0.4 is 5.32 Å². The number of aryl methyl sites for hydroxylation is 2. The van der Waals surface area contributed by atoms with Gasteiger partial charge in [0, 0.05) is 17.2 Å². The van der Waals surface area contributed by atoms with Crippen LogP contribution in [0.5, 0.6) is 0 Å². The second-order valence-corrected chi connectivity index (χ2v) is 7.16. The van der Waals surface area contributed by atoms with Gasteiger partial charge in [0.25, 0.3) is 5.91 Å². The summed E-state index contributed by atoms with van der Waals surface area (Å²) in [7, 11) is 0. The highest BCUT2D eigenvalue weighted by Crippen LogP contribution is 2.39. The molecule has 5 heteroatoms. The van der Waals surface area contributed by atoms with Crippen molar-refractivity contribution in [3.63, 3.8) is 0 Å². The summed E-state index contributed by atoms with van der Waals surface area (Å²) in [5, 5.41) is 2.85. The quantitative estimate of drug-likeness (QED) is 0.527. The maximum absolute atomic E-state index is 12.4. The number of rotatable bonds is 3. The lowest BCUT2D eigenvalue weighted by molar-refractivity contribution is -0.118. The van der Waals surface area contributed by atoms with Crippen molar-refractivity contribution in [2.45, 2.75) is 20.8 Å². The van der Waals surface area contributed by atoms with E-state index < -0.39 is 0 Å². The van der Waals surface area contributed by atoms with Gasteiger partial charge in [-0.25, -0.2) is 0 Å². The second kappa shape index (κ2) is 6.50. The number of hydrogen-bond acceptors (Lipinski definition) is 4. The number of benzene rings is 1. The van der Waals surface area contributed by atoms with Gasteiger partial charge in [0.15, 0.2) is 5.78 Å². The summed E-state index contributed by atoms with van der Waals surface area (Å²) in [5.74, 6) is 1.42. The van der Waals surface area contributed by atoms with Crippen molar-refractivity contribution in [1.82, 2.24) is 0 Å². The minimum Gasteiger partial charge on any atom is -0.322 e. The maximum Gasteiger partial charge on any atom is 0.260 e. The molecule has 1 saturated heterocycles. The standard InChI is InChI=1S/C15H17NO2S2/c1-9-4-5-12(10(2)8-9)16-14(18)13(11(3)17)15-19-6-7-20-15/h4-5,8H,6-7H2,1-3H3,(H,16,18). The molecule has 0 aliphatic carbocycles. The first-order valence-corrected chi connectivity index (χ1v) is 8.35. The first kappa shape index (κ1) is 15.2. The summed E-state index contributed by atoms with van der Waals surface area (Å²) in [6, 6.07) is 5.83. The molecule has 1 aromatic rings. The van der Waals surface area contributed by atoms with Crippen molar-refractivity contribution in [3.05, 3.63) is 39.1 Å². The number of carbonyl (C=O) groups excluding carboxylic acids is 2. The fourth-order valence-corrected chi connectivity index (χ4v) is 4.62. The highest BCUT2D eigenvalue weighted by atomic mass is 32.2. The molecule has 1 amide bonds. The minimum atomic E-state index is -0.304.